The van der Waals surface area contributed by atoms with Gasteiger partial charge in [-0.3, -0.25) is 0 Å². The van der Waals surface area contributed by atoms with E-state index in [4.69, 9.17) is 31.0 Å². The molecule has 0 aliphatic rings. The lowest BCUT2D eigenvalue weighted by molar-refractivity contribution is 0.343. The molecular formula is C20H28ClN3O2. The third-order valence-corrected chi connectivity index (χ3v) is 4.42. The van der Waals surface area contributed by atoms with Crippen LogP contribution in [0.3, 0.4) is 0 Å². The first-order valence-electron chi connectivity index (χ1n) is 9.17. The van der Waals surface area contributed by atoms with E-state index in [9.17, 15) is 0 Å². The van der Waals surface area contributed by atoms with Crippen LogP contribution < -0.4 is 14.8 Å². The van der Waals surface area contributed by atoms with E-state index in [-0.39, 0.29) is 0 Å². The van der Waals surface area contributed by atoms with E-state index in [0.717, 1.165) is 42.0 Å². The number of nitrogens with one attached hydrogen (secondary N) is 1. The van der Waals surface area contributed by atoms with Crippen molar-refractivity contribution in [1.29, 1.82) is 0 Å². The molecule has 0 unspecified atom stereocenters. The van der Waals surface area contributed by atoms with Gasteiger partial charge >= 0.3 is 0 Å². The smallest absolute Gasteiger partial charge is 0.257 e. The molecule has 0 fully saturated rings. The van der Waals surface area contributed by atoms with Crippen molar-refractivity contribution >= 4 is 17.4 Å². The van der Waals surface area contributed by atoms with Crippen LogP contribution in [0, 0.1) is 0 Å². The molecule has 1 aromatic carbocycles. The Bertz CT molecular complexity index is 688. The maximum atomic E-state index is 5.66. The van der Waals surface area contributed by atoms with Crippen molar-refractivity contribution in [2.75, 3.05) is 24.9 Å². The summed E-state index contributed by atoms with van der Waals surface area (Å²) in [5.41, 5.74) is 2.76. The van der Waals surface area contributed by atoms with Crippen LogP contribution in [-0.2, 0) is 6.42 Å². The average Bonchev–Trinajstić information content (AvgIpc) is 2.70. The number of alkyl halides is 1. The minimum absolute atomic E-state index is 0.354. The van der Waals surface area contributed by atoms with Crippen LogP contribution in [0.2, 0.25) is 0 Å². The van der Waals surface area contributed by atoms with Crippen molar-refractivity contribution in [1.82, 2.24) is 9.97 Å². The number of aromatic nitrogens is 2. The van der Waals surface area contributed by atoms with Crippen molar-refractivity contribution in [2.45, 2.75) is 46.1 Å². The molecule has 1 heterocycles. The monoisotopic (exact) mass is 377 g/mol. The van der Waals surface area contributed by atoms with Gasteiger partial charge in [-0.05, 0) is 43.5 Å². The molecule has 26 heavy (non-hydrogen) atoms. The van der Waals surface area contributed by atoms with E-state index in [1.807, 2.05) is 24.3 Å². The molecule has 0 aliphatic carbocycles. The minimum atomic E-state index is 0.354. The number of halogens is 1. The zero-order chi connectivity index (χ0) is 18.9. The van der Waals surface area contributed by atoms with Gasteiger partial charge in [-0.25, -0.2) is 9.97 Å². The second kappa shape index (κ2) is 10.2. The summed E-state index contributed by atoms with van der Waals surface area (Å²) < 4.78 is 11.0. The SMILES string of the molecule is CCc1nc(NC(CC)CC)c(OC)nc1-c1ccc(OCCCl)cc1. The van der Waals surface area contributed by atoms with Crippen molar-refractivity contribution in [2.24, 2.45) is 0 Å². The molecule has 2 aromatic rings. The Morgan fingerprint density at radius 2 is 1.77 bits per heavy atom. The summed E-state index contributed by atoms with van der Waals surface area (Å²) in [7, 11) is 1.63. The normalized spacial score (nSPS) is 10.8. The molecule has 1 N–H and O–H groups in total. The number of hydrogen-bond donors (Lipinski definition) is 1. The molecule has 2 rings (SSSR count). The predicted molar refractivity (Wildman–Crippen MR) is 108 cm³/mol. The van der Waals surface area contributed by atoms with Gasteiger partial charge in [-0.15, -0.1) is 11.6 Å². The summed E-state index contributed by atoms with van der Waals surface area (Å²) in [6.45, 7) is 6.89. The van der Waals surface area contributed by atoms with Gasteiger partial charge in [0.2, 0.25) is 0 Å². The van der Waals surface area contributed by atoms with Gasteiger partial charge in [-0.1, -0.05) is 20.8 Å². The van der Waals surface area contributed by atoms with Crippen LogP contribution in [0.1, 0.15) is 39.3 Å². The van der Waals surface area contributed by atoms with E-state index < -0.39 is 0 Å². The van der Waals surface area contributed by atoms with Crippen LogP contribution in [0.15, 0.2) is 24.3 Å². The molecular weight excluding hydrogens is 350 g/mol. The fourth-order valence-electron chi connectivity index (χ4n) is 2.72. The van der Waals surface area contributed by atoms with E-state index in [0.29, 0.717) is 30.2 Å². The molecule has 0 aliphatic heterocycles. The number of aryl methyl sites for hydroxylation is 1. The molecule has 142 valence electrons. The average molecular weight is 378 g/mol. The number of benzene rings is 1. The third-order valence-electron chi connectivity index (χ3n) is 4.26. The van der Waals surface area contributed by atoms with Crippen molar-refractivity contribution < 1.29 is 9.47 Å². The second-order valence-electron chi connectivity index (χ2n) is 5.95. The second-order valence-corrected chi connectivity index (χ2v) is 6.33. The maximum Gasteiger partial charge on any atom is 0.257 e. The summed E-state index contributed by atoms with van der Waals surface area (Å²) in [5, 5.41) is 3.45. The number of ether oxygens (including phenoxy) is 2. The van der Waals surface area contributed by atoms with Gasteiger partial charge in [-0.2, -0.15) is 0 Å². The zero-order valence-electron chi connectivity index (χ0n) is 16.0. The highest BCUT2D eigenvalue weighted by atomic mass is 35.5. The van der Waals surface area contributed by atoms with Crippen molar-refractivity contribution in [3.63, 3.8) is 0 Å². The fourth-order valence-corrected chi connectivity index (χ4v) is 2.80. The molecule has 0 radical (unpaired) electrons. The lowest BCUT2D eigenvalue weighted by Crippen LogP contribution is -2.19. The van der Waals surface area contributed by atoms with E-state index in [1.54, 1.807) is 7.11 Å². The van der Waals surface area contributed by atoms with E-state index in [1.165, 1.54) is 0 Å². The van der Waals surface area contributed by atoms with Crippen molar-refractivity contribution in [3.05, 3.63) is 30.0 Å². The number of hydrogen-bond acceptors (Lipinski definition) is 5. The molecule has 5 nitrogen and oxygen atoms in total. The first kappa shape index (κ1) is 20.3. The molecule has 0 amide bonds. The Morgan fingerprint density at radius 1 is 1.08 bits per heavy atom. The number of methoxy groups -OCH3 is 1. The Labute approximate surface area is 161 Å². The molecule has 0 bridgehead atoms. The van der Waals surface area contributed by atoms with Gasteiger partial charge in [0.15, 0.2) is 5.82 Å². The molecule has 6 heteroatoms. The molecule has 0 saturated carbocycles. The summed E-state index contributed by atoms with van der Waals surface area (Å²) in [4.78, 5) is 9.54. The highest BCUT2D eigenvalue weighted by Gasteiger charge is 2.17. The van der Waals surface area contributed by atoms with Crippen LogP contribution in [0.5, 0.6) is 11.6 Å². The Hall–Kier alpha value is -2.01. The largest absolute Gasteiger partial charge is 0.492 e. The Balaban J connectivity index is 2.36. The quantitative estimate of drug-likeness (QED) is 0.595. The summed E-state index contributed by atoms with van der Waals surface area (Å²) in [5.74, 6) is 2.49. The highest BCUT2D eigenvalue weighted by molar-refractivity contribution is 6.18. The van der Waals surface area contributed by atoms with Gasteiger partial charge in [0.05, 0.1) is 24.4 Å². The van der Waals surface area contributed by atoms with Gasteiger partial charge in [0, 0.05) is 11.6 Å². The molecule has 1 aromatic heterocycles. The molecule has 0 atom stereocenters. The number of rotatable bonds is 10. The topological polar surface area (TPSA) is 56.3 Å². The maximum absolute atomic E-state index is 5.66. The first-order valence-corrected chi connectivity index (χ1v) is 9.70. The Morgan fingerprint density at radius 3 is 2.31 bits per heavy atom. The third kappa shape index (κ3) is 5.01. The number of nitrogens with zero attached hydrogens (tertiary/aromatic N) is 2. The van der Waals surface area contributed by atoms with Crippen LogP contribution in [0.25, 0.3) is 11.3 Å². The molecule has 0 saturated heterocycles. The van der Waals surface area contributed by atoms with Gasteiger partial charge < -0.3 is 14.8 Å². The van der Waals surface area contributed by atoms with Gasteiger partial charge in [0.1, 0.15) is 12.4 Å². The van der Waals surface area contributed by atoms with Crippen LogP contribution in [-0.4, -0.2) is 35.6 Å². The van der Waals surface area contributed by atoms with E-state index in [2.05, 4.69) is 26.1 Å². The van der Waals surface area contributed by atoms with Crippen LogP contribution >= 0.6 is 11.6 Å². The lowest BCUT2D eigenvalue weighted by atomic mass is 10.1. The molecule has 0 spiro atoms. The number of anilines is 1. The predicted octanol–water partition coefficient (Wildman–Crippen LogP) is 4.93. The zero-order valence-corrected chi connectivity index (χ0v) is 16.8. The van der Waals surface area contributed by atoms with Crippen LogP contribution in [0.4, 0.5) is 5.82 Å². The first-order chi connectivity index (χ1) is 12.7. The minimum Gasteiger partial charge on any atom is -0.492 e. The highest BCUT2D eigenvalue weighted by Crippen LogP contribution is 2.30. The van der Waals surface area contributed by atoms with Crippen molar-refractivity contribution in [3.8, 4) is 22.9 Å². The standard InChI is InChI=1S/C20H28ClN3O2/c1-5-15(6-2)22-19-20(25-4)24-18(17(7-3)23-19)14-8-10-16(11-9-14)26-13-12-21/h8-11,15H,5-7,12-13H2,1-4H3,(H,22,23). The van der Waals surface area contributed by atoms with Gasteiger partial charge in [0.25, 0.3) is 5.88 Å². The lowest BCUT2D eigenvalue weighted by Gasteiger charge is -2.19. The Kier molecular flexibility index (Phi) is 7.98. The summed E-state index contributed by atoms with van der Waals surface area (Å²) >= 11 is 5.66. The summed E-state index contributed by atoms with van der Waals surface area (Å²) in [6.07, 6.45) is 2.83. The fraction of sp³-hybridized carbons (Fsp3) is 0.500. The summed E-state index contributed by atoms with van der Waals surface area (Å²) in [6, 6.07) is 8.17. The van der Waals surface area contributed by atoms with E-state index >= 15 is 0 Å².